The van der Waals surface area contributed by atoms with E-state index < -0.39 is 0 Å². The fourth-order valence-electron chi connectivity index (χ4n) is 2.62. The minimum atomic E-state index is 0.833. The quantitative estimate of drug-likeness (QED) is 0.312. The van der Waals surface area contributed by atoms with Crippen LogP contribution in [0.25, 0.3) is 0 Å². The van der Waals surface area contributed by atoms with Crippen molar-refractivity contribution in [2.24, 2.45) is 5.92 Å². The molecule has 1 fully saturated rings. The molecule has 1 aliphatic rings. The van der Waals surface area contributed by atoms with Gasteiger partial charge in [0, 0.05) is 18.8 Å². The molecule has 0 aromatic heterocycles. The summed E-state index contributed by atoms with van der Waals surface area (Å²) < 4.78 is 0. The highest BCUT2D eigenvalue weighted by Crippen LogP contribution is 2.18. The van der Waals surface area contributed by atoms with Crippen molar-refractivity contribution in [3.05, 3.63) is 12.3 Å². The van der Waals surface area contributed by atoms with E-state index in [-0.39, 0.29) is 0 Å². The zero-order valence-electron chi connectivity index (χ0n) is 24.1. The smallest absolute Gasteiger partial charge is 0.0175 e. The Labute approximate surface area is 196 Å². The molecule has 0 radical (unpaired) electrons. The molecule has 188 valence electrons. The standard InChI is InChI=1S/C12H23N.C7H16.C4H10.3C2H6/c1-3-4-5-6-9-12(2)13-10-7-8-11-13;1-3-5-7-6-4-2;1-4(2)3;3*1-2/h2-11H2,1H3;3-7H2,1-2H3;4H,1-3H3;3*1-2H3. The van der Waals surface area contributed by atoms with E-state index in [1.165, 1.54) is 95.8 Å². The zero-order chi connectivity index (χ0) is 24.6. The maximum absolute atomic E-state index is 4.16. The van der Waals surface area contributed by atoms with Crippen molar-refractivity contribution in [3.63, 3.8) is 0 Å². The van der Waals surface area contributed by atoms with Gasteiger partial charge in [-0.15, -0.1) is 0 Å². The molecule has 1 heterocycles. The first-order valence-electron chi connectivity index (χ1n) is 13.9. The van der Waals surface area contributed by atoms with Crippen LogP contribution in [0.1, 0.15) is 160 Å². The van der Waals surface area contributed by atoms with E-state index in [0.29, 0.717) is 0 Å². The van der Waals surface area contributed by atoms with Crippen LogP contribution in [0.4, 0.5) is 0 Å². The molecule has 0 saturated carbocycles. The molecule has 1 saturated heterocycles. The van der Waals surface area contributed by atoms with E-state index in [9.17, 15) is 0 Å². The van der Waals surface area contributed by atoms with Gasteiger partial charge in [-0.05, 0) is 31.6 Å². The van der Waals surface area contributed by atoms with E-state index in [0.717, 1.165) is 5.92 Å². The van der Waals surface area contributed by atoms with Crippen LogP contribution in [0.2, 0.25) is 0 Å². The predicted octanol–water partition coefficient (Wildman–Crippen LogP) is 11.3. The molecule has 0 N–H and O–H groups in total. The van der Waals surface area contributed by atoms with E-state index in [1.54, 1.807) is 0 Å². The topological polar surface area (TPSA) is 3.24 Å². The van der Waals surface area contributed by atoms with Crippen LogP contribution in [0.3, 0.4) is 0 Å². The lowest BCUT2D eigenvalue weighted by atomic mass is 10.1. The van der Waals surface area contributed by atoms with Crippen molar-refractivity contribution < 1.29 is 0 Å². The molecule has 0 aliphatic carbocycles. The minimum Gasteiger partial charge on any atom is -0.375 e. The summed E-state index contributed by atoms with van der Waals surface area (Å²) in [6, 6.07) is 0. The number of hydrogen-bond donors (Lipinski definition) is 0. The minimum absolute atomic E-state index is 0.833. The summed E-state index contributed by atoms with van der Waals surface area (Å²) in [5, 5.41) is 0. The summed E-state index contributed by atoms with van der Waals surface area (Å²) in [6.45, 7) is 31.9. The average molecular weight is 430 g/mol. The lowest BCUT2D eigenvalue weighted by Crippen LogP contribution is -2.17. The van der Waals surface area contributed by atoms with E-state index in [1.807, 2.05) is 41.5 Å². The number of hydrogen-bond acceptors (Lipinski definition) is 1. The molecule has 1 nitrogen and oxygen atoms in total. The SMILES string of the molecule is C=C(CCCCCC)N1CCCC1.CC.CC.CC.CC(C)C.CCCCCCC. The van der Waals surface area contributed by atoms with Crippen LogP contribution >= 0.6 is 0 Å². The third kappa shape index (κ3) is 46.0. The summed E-state index contributed by atoms with van der Waals surface area (Å²) >= 11 is 0. The number of nitrogens with zero attached hydrogens (tertiary/aromatic N) is 1. The first kappa shape index (κ1) is 40.0. The van der Waals surface area contributed by atoms with Gasteiger partial charge in [-0.2, -0.15) is 0 Å². The summed E-state index contributed by atoms with van der Waals surface area (Å²) in [7, 11) is 0. The van der Waals surface area contributed by atoms with Crippen LogP contribution in [0, 0.1) is 5.92 Å². The van der Waals surface area contributed by atoms with Crippen LogP contribution < -0.4 is 0 Å². The maximum atomic E-state index is 4.16. The zero-order valence-corrected chi connectivity index (χ0v) is 24.1. The molecule has 0 amide bonds. The highest BCUT2D eigenvalue weighted by atomic mass is 15.1. The number of unbranched alkanes of at least 4 members (excludes halogenated alkanes) is 7. The van der Waals surface area contributed by atoms with Crippen molar-refractivity contribution >= 4 is 0 Å². The molecule has 1 heteroatoms. The van der Waals surface area contributed by atoms with Gasteiger partial charge in [0.15, 0.2) is 0 Å². The van der Waals surface area contributed by atoms with Gasteiger partial charge in [0.1, 0.15) is 0 Å². The largest absolute Gasteiger partial charge is 0.375 e. The highest BCUT2D eigenvalue weighted by Gasteiger charge is 2.12. The predicted molar refractivity (Wildman–Crippen MR) is 148 cm³/mol. The molecule has 0 bridgehead atoms. The normalized spacial score (nSPS) is 11.2. The number of likely N-dealkylation sites (tertiary alicyclic amines) is 1. The van der Waals surface area contributed by atoms with Crippen molar-refractivity contribution in [1.82, 2.24) is 4.90 Å². The second-order valence-corrected chi connectivity index (χ2v) is 7.86. The first-order valence-corrected chi connectivity index (χ1v) is 13.9. The van der Waals surface area contributed by atoms with E-state index in [4.69, 9.17) is 0 Å². The van der Waals surface area contributed by atoms with Crippen molar-refractivity contribution in [3.8, 4) is 0 Å². The lowest BCUT2D eigenvalue weighted by Gasteiger charge is -2.20. The molecule has 1 aliphatic heterocycles. The lowest BCUT2D eigenvalue weighted by molar-refractivity contribution is 0.404. The van der Waals surface area contributed by atoms with Crippen LogP contribution in [0.15, 0.2) is 12.3 Å². The Balaban J connectivity index is -0.000000104. The third-order valence-corrected chi connectivity index (χ3v) is 4.08. The van der Waals surface area contributed by atoms with Gasteiger partial charge in [-0.1, -0.05) is 141 Å². The Hall–Kier alpha value is -0.460. The molecule has 0 aromatic rings. The second-order valence-electron chi connectivity index (χ2n) is 7.86. The average Bonchev–Trinajstić information content (AvgIpc) is 3.31. The molecule has 0 atom stereocenters. The summed E-state index contributed by atoms with van der Waals surface area (Å²) in [6.07, 6.45) is 16.4. The molecule has 1 rings (SSSR count). The molecule has 0 spiro atoms. The summed E-state index contributed by atoms with van der Waals surface area (Å²) in [5.74, 6) is 0.833. The Bertz CT molecular complexity index is 232. The number of rotatable bonds is 10. The van der Waals surface area contributed by atoms with Gasteiger partial charge in [0.05, 0.1) is 0 Å². The Morgan fingerprint density at radius 1 is 0.633 bits per heavy atom. The van der Waals surface area contributed by atoms with Crippen molar-refractivity contribution in [1.29, 1.82) is 0 Å². The Morgan fingerprint density at radius 2 is 0.933 bits per heavy atom. The molecular formula is C29H67N. The highest BCUT2D eigenvalue weighted by molar-refractivity contribution is 4.95. The van der Waals surface area contributed by atoms with Crippen LogP contribution in [-0.4, -0.2) is 18.0 Å². The summed E-state index contributed by atoms with van der Waals surface area (Å²) in [5.41, 5.74) is 1.38. The summed E-state index contributed by atoms with van der Waals surface area (Å²) in [4.78, 5) is 2.46. The molecule has 0 unspecified atom stereocenters. The Kier molecular flexibility index (Phi) is 56.7. The third-order valence-electron chi connectivity index (χ3n) is 4.08. The van der Waals surface area contributed by atoms with Gasteiger partial charge in [-0.3, -0.25) is 0 Å². The second kappa shape index (κ2) is 42.6. The van der Waals surface area contributed by atoms with Gasteiger partial charge < -0.3 is 4.90 Å². The van der Waals surface area contributed by atoms with Crippen LogP contribution in [-0.2, 0) is 0 Å². The Morgan fingerprint density at radius 3 is 1.23 bits per heavy atom. The van der Waals surface area contributed by atoms with Crippen molar-refractivity contribution in [2.75, 3.05) is 13.1 Å². The van der Waals surface area contributed by atoms with E-state index >= 15 is 0 Å². The van der Waals surface area contributed by atoms with Gasteiger partial charge in [0.2, 0.25) is 0 Å². The fraction of sp³-hybridized carbons (Fsp3) is 0.931. The molecule has 0 aromatic carbocycles. The van der Waals surface area contributed by atoms with Gasteiger partial charge in [0.25, 0.3) is 0 Å². The fourth-order valence-corrected chi connectivity index (χ4v) is 2.62. The molecular weight excluding hydrogens is 362 g/mol. The van der Waals surface area contributed by atoms with Crippen molar-refractivity contribution in [2.45, 2.75) is 160 Å². The van der Waals surface area contributed by atoms with Crippen LogP contribution in [0.5, 0.6) is 0 Å². The van der Waals surface area contributed by atoms with E-state index in [2.05, 4.69) is 53.0 Å². The molecule has 30 heavy (non-hydrogen) atoms. The maximum Gasteiger partial charge on any atom is 0.0175 e. The number of allylic oxidation sites excluding steroid dienone is 1. The van der Waals surface area contributed by atoms with Gasteiger partial charge in [-0.25, -0.2) is 0 Å². The monoisotopic (exact) mass is 430 g/mol. The first-order chi connectivity index (χ1) is 14.5. The van der Waals surface area contributed by atoms with Gasteiger partial charge >= 0.3 is 0 Å².